The number of aliphatic carboxylic acids is 1. The molecule has 2 rings (SSSR count). The van der Waals surface area contributed by atoms with Crippen LogP contribution in [0, 0.1) is 16.0 Å². The Hall–Kier alpha value is -1.95. The smallest absolute Gasteiger partial charge is 0.303 e. The van der Waals surface area contributed by atoms with Crippen LogP contribution in [0.4, 0.5) is 5.69 Å². The molecule has 0 radical (unpaired) electrons. The molecule has 0 aromatic heterocycles. The summed E-state index contributed by atoms with van der Waals surface area (Å²) in [4.78, 5) is 22.8. The lowest BCUT2D eigenvalue weighted by Crippen LogP contribution is -2.46. The molecule has 0 bridgehead atoms. The first-order valence-corrected chi connectivity index (χ1v) is 5.72. The highest BCUT2D eigenvalue weighted by molar-refractivity contribution is 5.67. The van der Waals surface area contributed by atoms with Gasteiger partial charge >= 0.3 is 5.97 Å². The van der Waals surface area contributed by atoms with Gasteiger partial charge in [-0.15, -0.1) is 0 Å². The second kappa shape index (κ2) is 5.14. The Kier molecular flexibility index (Phi) is 3.57. The van der Waals surface area contributed by atoms with Gasteiger partial charge in [0.25, 0.3) is 5.69 Å². The molecule has 0 atom stereocenters. The fourth-order valence-corrected chi connectivity index (χ4v) is 2.21. The van der Waals surface area contributed by atoms with Gasteiger partial charge < -0.3 is 5.11 Å². The van der Waals surface area contributed by atoms with Crippen LogP contribution >= 0.6 is 0 Å². The third-order valence-corrected chi connectivity index (χ3v) is 3.02. The average Bonchev–Trinajstić information content (AvgIpc) is 2.26. The first-order chi connectivity index (χ1) is 8.54. The summed E-state index contributed by atoms with van der Waals surface area (Å²) < 4.78 is 0. The molecule has 1 aliphatic heterocycles. The maximum absolute atomic E-state index is 10.6. The Labute approximate surface area is 104 Å². The van der Waals surface area contributed by atoms with E-state index in [1.165, 1.54) is 6.07 Å². The predicted octanol–water partition coefficient (Wildman–Crippen LogP) is 1.50. The van der Waals surface area contributed by atoms with Gasteiger partial charge in [0.2, 0.25) is 0 Å². The average molecular weight is 250 g/mol. The zero-order valence-corrected chi connectivity index (χ0v) is 9.78. The summed E-state index contributed by atoms with van der Waals surface area (Å²) in [5.74, 6) is -0.559. The van der Waals surface area contributed by atoms with Crippen LogP contribution in [0.15, 0.2) is 24.3 Å². The monoisotopic (exact) mass is 250 g/mol. The Morgan fingerprint density at radius 1 is 1.50 bits per heavy atom. The Morgan fingerprint density at radius 2 is 2.22 bits per heavy atom. The molecule has 0 aliphatic carbocycles. The fraction of sp³-hybridized carbons (Fsp3) is 0.417. The maximum Gasteiger partial charge on any atom is 0.303 e. The van der Waals surface area contributed by atoms with Crippen LogP contribution in [0.25, 0.3) is 0 Å². The number of carboxylic acids is 1. The van der Waals surface area contributed by atoms with Gasteiger partial charge in [-0.05, 0) is 11.5 Å². The summed E-state index contributed by atoms with van der Waals surface area (Å²) in [5, 5.41) is 19.3. The number of non-ortho nitro benzene ring substituents is 1. The third kappa shape index (κ3) is 3.04. The summed E-state index contributed by atoms with van der Waals surface area (Å²) in [6.45, 7) is 2.13. The first kappa shape index (κ1) is 12.5. The van der Waals surface area contributed by atoms with Crippen LogP contribution in [0.1, 0.15) is 12.0 Å². The maximum atomic E-state index is 10.6. The van der Waals surface area contributed by atoms with Gasteiger partial charge in [0.05, 0.1) is 11.3 Å². The van der Waals surface area contributed by atoms with E-state index in [-0.39, 0.29) is 18.0 Å². The van der Waals surface area contributed by atoms with Crippen LogP contribution in [0.3, 0.4) is 0 Å². The van der Waals surface area contributed by atoms with Crippen molar-refractivity contribution < 1.29 is 14.8 Å². The predicted molar refractivity (Wildman–Crippen MR) is 64.1 cm³/mol. The fourth-order valence-electron chi connectivity index (χ4n) is 2.21. The number of nitro benzene ring substituents is 1. The van der Waals surface area contributed by atoms with E-state index in [1.807, 2.05) is 6.07 Å². The quantitative estimate of drug-likeness (QED) is 0.632. The minimum Gasteiger partial charge on any atom is -0.481 e. The minimum atomic E-state index is -0.769. The highest BCUT2D eigenvalue weighted by atomic mass is 16.6. The summed E-state index contributed by atoms with van der Waals surface area (Å²) in [6.07, 6.45) is 0.200. The van der Waals surface area contributed by atoms with Gasteiger partial charge in [-0.1, -0.05) is 12.1 Å². The lowest BCUT2D eigenvalue weighted by atomic mass is 9.96. The van der Waals surface area contributed by atoms with Crippen molar-refractivity contribution in [2.24, 2.45) is 5.92 Å². The van der Waals surface area contributed by atoms with Gasteiger partial charge in [0.15, 0.2) is 0 Å². The zero-order chi connectivity index (χ0) is 13.1. The van der Waals surface area contributed by atoms with Crippen molar-refractivity contribution in [2.75, 3.05) is 13.1 Å². The first-order valence-electron chi connectivity index (χ1n) is 5.72. The molecule has 96 valence electrons. The molecular formula is C12H14N2O4. The summed E-state index contributed by atoms with van der Waals surface area (Å²) in [7, 11) is 0. The molecule has 1 N–H and O–H groups in total. The van der Waals surface area contributed by atoms with Crippen molar-refractivity contribution in [1.29, 1.82) is 0 Å². The van der Waals surface area contributed by atoms with E-state index in [0.29, 0.717) is 6.54 Å². The van der Waals surface area contributed by atoms with Gasteiger partial charge in [-0.3, -0.25) is 19.8 Å². The zero-order valence-electron chi connectivity index (χ0n) is 9.78. The normalized spacial score (nSPS) is 16.2. The molecule has 6 heteroatoms. The molecule has 1 aromatic carbocycles. The van der Waals surface area contributed by atoms with E-state index >= 15 is 0 Å². The highest BCUT2D eigenvalue weighted by Gasteiger charge is 2.28. The van der Waals surface area contributed by atoms with E-state index in [1.54, 1.807) is 12.1 Å². The molecule has 18 heavy (non-hydrogen) atoms. The number of hydrogen-bond acceptors (Lipinski definition) is 4. The molecular weight excluding hydrogens is 236 g/mol. The third-order valence-electron chi connectivity index (χ3n) is 3.02. The molecule has 0 spiro atoms. The van der Waals surface area contributed by atoms with E-state index in [4.69, 9.17) is 5.11 Å². The number of benzene rings is 1. The van der Waals surface area contributed by atoms with Gasteiger partial charge in [0, 0.05) is 31.8 Å². The number of nitrogens with zero attached hydrogens (tertiary/aromatic N) is 2. The number of rotatable bonds is 5. The van der Waals surface area contributed by atoms with Crippen LogP contribution in [-0.2, 0) is 11.3 Å². The van der Waals surface area contributed by atoms with Crippen molar-refractivity contribution in [3.8, 4) is 0 Å². The topological polar surface area (TPSA) is 83.7 Å². The lowest BCUT2D eigenvalue weighted by Gasteiger charge is -2.38. The molecule has 0 unspecified atom stereocenters. The van der Waals surface area contributed by atoms with Crippen LogP contribution in [-0.4, -0.2) is 34.0 Å². The van der Waals surface area contributed by atoms with Gasteiger partial charge in [-0.25, -0.2) is 0 Å². The van der Waals surface area contributed by atoms with E-state index in [2.05, 4.69) is 4.90 Å². The largest absolute Gasteiger partial charge is 0.481 e. The minimum absolute atomic E-state index is 0.0927. The highest BCUT2D eigenvalue weighted by Crippen LogP contribution is 2.22. The van der Waals surface area contributed by atoms with Crippen molar-refractivity contribution in [3.63, 3.8) is 0 Å². The lowest BCUT2D eigenvalue weighted by molar-refractivity contribution is -0.384. The number of likely N-dealkylation sites (tertiary alicyclic amines) is 1. The Bertz CT molecular complexity index is 469. The molecule has 1 aliphatic rings. The van der Waals surface area contributed by atoms with Crippen LogP contribution < -0.4 is 0 Å². The van der Waals surface area contributed by atoms with Crippen molar-refractivity contribution >= 4 is 11.7 Å². The summed E-state index contributed by atoms with van der Waals surface area (Å²) >= 11 is 0. The number of carbonyl (C=O) groups is 1. The standard InChI is InChI=1S/C12H14N2O4/c15-12(16)5-10-7-13(8-10)6-9-2-1-3-11(4-9)14(17)18/h1-4,10H,5-8H2,(H,15,16). The van der Waals surface area contributed by atoms with E-state index in [9.17, 15) is 14.9 Å². The molecule has 0 amide bonds. The van der Waals surface area contributed by atoms with Crippen LogP contribution in [0.5, 0.6) is 0 Å². The molecule has 1 heterocycles. The number of hydrogen-bond donors (Lipinski definition) is 1. The van der Waals surface area contributed by atoms with Gasteiger partial charge in [-0.2, -0.15) is 0 Å². The van der Waals surface area contributed by atoms with Crippen LogP contribution in [0.2, 0.25) is 0 Å². The Balaban J connectivity index is 1.86. The van der Waals surface area contributed by atoms with Crippen molar-refractivity contribution in [1.82, 2.24) is 4.90 Å². The molecule has 1 fully saturated rings. The van der Waals surface area contributed by atoms with Gasteiger partial charge in [0.1, 0.15) is 0 Å². The van der Waals surface area contributed by atoms with Crippen molar-refractivity contribution in [3.05, 3.63) is 39.9 Å². The second-order valence-corrected chi connectivity index (χ2v) is 4.58. The Morgan fingerprint density at radius 3 is 2.83 bits per heavy atom. The second-order valence-electron chi connectivity index (χ2n) is 4.58. The number of carboxylic acid groups (broad SMARTS) is 1. The molecule has 1 aromatic rings. The molecule has 6 nitrogen and oxygen atoms in total. The SMILES string of the molecule is O=C(O)CC1CN(Cc2cccc([N+](=O)[O-])c2)C1. The van der Waals surface area contributed by atoms with Crippen molar-refractivity contribution in [2.45, 2.75) is 13.0 Å². The summed E-state index contributed by atoms with van der Waals surface area (Å²) in [5.41, 5.74) is 0.980. The van der Waals surface area contributed by atoms with E-state index in [0.717, 1.165) is 18.7 Å². The number of nitro groups is 1. The van der Waals surface area contributed by atoms with E-state index < -0.39 is 10.9 Å². The summed E-state index contributed by atoms with van der Waals surface area (Å²) in [6, 6.07) is 6.54. The molecule has 0 saturated carbocycles. The molecule has 1 saturated heterocycles.